The van der Waals surface area contributed by atoms with E-state index in [2.05, 4.69) is 0 Å². The van der Waals surface area contributed by atoms with E-state index in [-0.39, 0.29) is 11.1 Å². The maximum Gasteiger partial charge on any atom is 0.417 e. The van der Waals surface area contributed by atoms with E-state index in [1.165, 1.54) is 4.68 Å². The fourth-order valence-electron chi connectivity index (χ4n) is 4.26. The van der Waals surface area contributed by atoms with Crippen molar-refractivity contribution in [3.8, 4) is 11.4 Å². The molecule has 0 aliphatic carbocycles. The van der Waals surface area contributed by atoms with Crippen LogP contribution in [0.5, 0.6) is 0 Å². The number of rotatable bonds is 5. The van der Waals surface area contributed by atoms with E-state index in [1.54, 1.807) is 43.1 Å². The lowest BCUT2D eigenvalue weighted by atomic mass is 10.1. The summed E-state index contributed by atoms with van der Waals surface area (Å²) in [6.45, 7) is 4.63. The molecule has 0 atom stereocenters. The average Bonchev–Trinajstić information content (AvgIpc) is 3.20. The number of benzene rings is 1. The van der Waals surface area contributed by atoms with Gasteiger partial charge in [-0.15, -0.1) is 0 Å². The number of carbonyl (C=O) groups is 1. The molecule has 10 heteroatoms. The fourth-order valence-corrected chi connectivity index (χ4v) is 4.26. The third kappa shape index (κ3) is 4.16. The third-order valence-corrected chi connectivity index (χ3v) is 6.10. The molecule has 182 valence electrons. The van der Waals surface area contributed by atoms with Crippen LogP contribution in [0, 0.1) is 20.8 Å². The Labute approximate surface area is 198 Å². The second-order valence-electron chi connectivity index (χ2n) is 8.34. The Bertz CT molecular complexity index is 1550. The normalized spacial score (nSPS) is 11.7. The van der Waals surface area contributed by atoms with Crippen molar-refractivity contribution in [2.45, 2.75) is 33.5 Å². The summed E-state index contributed by atoms with van der Waals surface area (Å²) in [5, 5.41) is 0. The lowest BCUT2D eigenvalue weighted by molar-refractivity contribution is -0.138. The van der Waals surface area contributed by atoms with Crippen LogP contribution in [0.3, 0.4) is 0 Å². The van der Waals surface area contributed by atoms with E-state index in [9.17, 15) is 27.6 Å². The Hall–Kier alpha value is -4.08. The van der Waals surface area contributed by atoms with Crippen LogP contribution in [-0.4, -0.2) is 24.3 Å². The van der Waals surface area contributed by atoms with Crippen LogP contribution in [-0.2, 0) is 19.8 Å². The highest BCUT2D eigenvalue weighted by Crippen LogP contribution is 2.28. The predicted molar refractivity (Wildman–Crippen MR) is 125 cm³/mol. The van der Waals surface area contributed by atoms with Crippen LogP contribution in [0.1, 0.15) is 33.0 Å². The summed E-state index contributed by atoms with van der Waals surface area (Å²) in [5.74, 6) is -0.539. The molecule has 0 amide bonds. The minimum atomic E-state index is -4.64. The van der Waals surface area contributed by atoms with Crippen LogP contribution < -0.4 is 11.1 Å². The Balaban J connectivity index is 1.78. The molecule has 3 heterocycles. The summed E-state index contributed by atoms with van der Waals surface area (Å²) in [6.07, 6.45) is -4.00. The minimum absolute atomic E-state index is 0.223. The van der Waals surface area contributed by atoms with Gasteiger partial charge < -0.3 is 9.13 Å². The number of hydrogen-bond donors (Lipinski definition) is 0. The van der Waals surface area contributed by atoms with E-state index in [1.807, 2.05) is 30.3 Å². The van der Waals surface area contributed by atoms with Gasteiger partial charge in [-0.1, -0.05) is 18.2 Å². The molecule has 7 nitrogen and oxygen atoms in total. The summed E-state index contributed by atoms with van der Waals surface area (Å²) in [5.41, 5.74) is 0.965. The maximum absolute atomic E-state index is 13.4. The van der Waals surface area contributed by atoms with Crippen molar-refractivity contribution >= 4 is 5.78 Å². The summed E-state index contributed by atoms with van der Waals surface area (Å²) >= 11 is 0. The first-order valence-corrected chi connectivity index (χ1v) is 10.8. The molecule has 1 aromatic carbocycles. The van der Waals surface area contributed by atoms with Crippen LogP contribution in [0.25, 0.3) is 11.4 Å². The third-order valence-electron chi connectivity index (χ3n) is 6.10. The fraction of sp³-hybridized carbons (Fsp3) is 0.240. The molecule has 0 unspecified atom stereocenters. The monoisotopic (exact) mass is 484 g/mol. The van der Waals surface area contributed by atoms with Gasteiger partial charge in [-0.05, 0) is 45.0 Å². The van der Waals surface area contributed by atoms with E-state index in [0.29, 0.717) is 40.7 Å². The number of para-hydroxylation sites is 1. The highest BCUT2D eigenvalue weighted by molar-refractivity contribution is 5.97. The smallest absolute Gasteiger partial charge is 0.311 e. The molecule has 0 N–H and O–H groups in total. The lowest BCUT2D eigenvalue weighted by Gasteiger charge is -2.11. The molecule has 0 saturated carbocycles. The second kappa shape index (κ2) is 8.61. The van der Waals surface area contributed by atoms with Crippen molar-refractivity contribution in [3.05, 3.63) is 104 Å². The first-order chi connectivity index (χ1) is 16.4. The maximum atomic E-state index is 13.4. The Kier molecular flexibility index (Phi) is 5.92. The Morgan fingerprint density at radius 3 is 2.23 bits per heavy atom. The summed E-state index contributed by atoms with van der Waals surface area (Å²) in [7, 11) is 1.76. The molecule has 0 fully saturated rings. The number of nitrogens with zero attached hydrogens (tertiary/aromatic N) is 4. The summed E-state index contributed by atoms with van der Waals surface area (Å²) in [4.78, 5) is 38.6. The van der Waals surface area contributed by atoms with Gasteiger partial charge in [-0.3, -0.25) is 19.1 Å². The van der Waals surface area contributed by atoms with Crippen molar-refractivity contribution in [1.29, 1.82) is 0 Å². The largest absolute Gasteiger partial charge is 0.417 e. The highest BCUT2D eigenvalue weighted by Gasteiger charge is 2.31. The van der Waals surface area contributed by atoms with E-state index < -0.39 is 29.6 Å². The molecule has 4 aromatic rings. The first-order valence-electron chi connectivity index (χ1n) is 10.8. The number of ketones is 1. The molecule has 4 rings (SSSR count). The van der Waals surface area contributed by atoms with E-state index >= 15 is 0 Å². The molecular formula is C25H23F3N4O3. The molecule has 0 radical (unpaired) electrons. The van der Waals surface area contributed by atoms with Gasteiger partial charge in [0.25, 0.3) is 11.1 Å². The second-order valence-corrected chi connectivity index (χ2v) is 8.34. The minimum Gasteiger partial charge on any atom is -0.311 e. The van der Waals surface area contributed by atoms with Crippen LogP contribution in [0.4, 0.5) is 13.2 Å². The Morgan fingerprint density at radius 1 is 0.943 bits per heavy atom. The Morgan fingerprint density at radius 2 is 1.60 bits per heavy atom. The number of alkyl halides is 3. The van der Waals surface area contributed by atoms with Gasteiger partial charge in [0.1, 0.15) is 5.69 Å². The van der Waals surface area contributed by atoms with Gasteiger partial charge in [-0.25, -0.2) is 4.68 Å². The molecule has 0 saturated heterocycles. The number of halogens is 3. The van der Waals surface area contributed by atoms with Crippen molar-refractivity contribution < 1.29 is 18.0 Å². The first kappa shape index (κ1) is 24.1. The van der Waals surface area contributed by atoms with Gasteiger partial charge in [0.15, 0.2) is 5.78 Å². The van der Waals surface area contributed by atoms with Crippen LogP contribution in [0.15, 0.2) is 64.3 Å². The zero-order valence-electron chi connectivity index (χ0n) is 19.6. The highest BCUT2D eigenvalue weighted by atomic mass is 19.4. The summed E-state index contributed by atoms with van der Waals surface area (Å²) < 4.78 is 44.8. The van der Waals surface area contributed by atoms with Crippen LogP contribution in [0.2, 0.25) is 0 Å². The lowest BCUT2D eigenvalue weighted by Crippen LogP contribution is -2.25. The molecule has 3 aromatic heterocycles. The number of aromatic nitrogens is 4. The molecule has 0 spiro atoms. The van der Waals surface area contributed by atoms with Gasteiger partial charge >= 0.3 is 6.18 Å². The zero-order chi connectivity index (χ0) is 25.7. The predicted octanol–water partition coefficient (Wildman–Crippen LogP) is 3.96. The standard InChI is InChI=1S/C25H23F3N4O3/c1-15-12-20(21(33)14-30-13-18(25(26,27)28)10-11-22(30)34)16(2)31(15)23-17(3)29(4)32(24(23)35)19-8-6-5-7-9-19/h5-13H,14H2,1-4H3. The van der Waals surface area contributed by atoms with E-state index in [4.69, 9.17) is 0 Å². The number of hydrogen-bond acceptors (Lipinski definition) is 3. The molecular weight excluding hydrogens is 461 g/mol. The van der Waals surface area contributed by atoms with Gasteiger partial charge in [0, 0.05) is 36.3 Å². The average molecular weight is 484 g/mol. The molecule has 0 aliphatic rings. The van der Waals surface area contributed by atoms with Crippen molar-refractivity contribution in [3.63, 3.8) is 0 Å². The number of carbonyl (C=O) groups excluding carboxylic acids is 1. The SMILES string of the molecule is Cc1cc(C(=O)Cn2cc(C(F)(F)F)ccc2=O)c(C)n1-c1c(C)n(C)n(-c2ccccc2)c1=O. The van der Waals surface area contributed by atoms with Gasteiger partial charge in [-0.2, -0.15) is 13.2 Å². The van der Waals surface area contributed by atoms with Gasteiger partial charge in [0.05, 0.1) is 23.5 Å². The topological polar surface area (TPSA) is 70.9 Å². The summed E-state index contributed by atoms with van der Waals surface area (Å²) in [6, 6.07) is 12.2. The quantitative estimate of drug-likeness (QED) is 0.403. The number of aryl methyl sites for hydroxylation is 1. The van der Waals surface area contributed by atoms with E-state index in [0.717, 1.165) is 10.6 Å². The van der Waals surface area contributed by atoms with Gasteiger partial charge in [0.2, 0.25) is 0 Å². The molecule has 0 bridgehead atoms. The molecule has 35 heavy (non-hydrogen) atoms. The molecule has 0 aliphatic heterocycles. The van der Waals surface area contributed by atoms with Crippen LogP contribution >= 0.6 is 0 Å². The van der Waals surface area contributed by atoms with Crippen molar-refractivity contribution in [2.75, 3.05) is 0 Å². The number of Topliss-reactive ketones (excluding diaryl/α,β-unsaturated/α-hetero) is 1. The zero-order valence-corrected chi connectivity index (χ0v) is 19.6. The van der Waals surface area contributed by atoms with Crippen molar-refractivity contribution in [1.82, 2.24) is 18.5 Å². The van der Waals surface area contributed by atoms with Crippen molar-refractivity contribution in [2.24, 2.45) is 7.05 Å². The number of pyridine rings is 1.